The van der Waals surface area contributed by atoms with Gasteiger partial charge in [0, 0.05) is 12.8 Å². The first-order valence-corrected chi connectivity index (χ1v) is 4.86. The summed E-state index contributed by atoms with van der Waals surface area (Å²) in [6.45, 7) is 7.69. The first-order chi connectivity index (χ1) is 6.43. The van der Waals surface area contributed by atoms with Gasteiger partial charge in [-0.2, -0.15) is 0 Å². The van der Waals surface area contributed by atoms with Crippen molar-refractivity contribution in [2.45, 2.75) is 39.5 Å². The number of allylic oxidation sites excluding steroid dienone is 1. The van der Waals surface area contributed by atoms with E-state index < -0.39 is 5.97 Å². The van der Waals surface area contributed by atoms with Gasteiger partial charge in [-0.25, -0.2) is 0 Å². The zero-order valence-corrected chi connectivity index (χ0v) is 8.88. The van der Waals surface area contributed by atoms with Crippen LogP contribution in [0.4, 0.5) is 0 Å². The van der Waals surface area contributed by atoms with Crippen LogP contribution in [0.15, 0.2) is 12.2 Å². The third-order valence-corrected chi connectivity index (χ3v) is 1.98. The van der Waals surface area contributed by atoms with Crippen LogP contribution in [-0.2, 0) is 9.59 Å². The Morgan fingerprint density at radius 1 is 1.21 bits per heavy atom. The second-order valence-corrected chi connectivity index (χ2v) is 3.85. The van der Waals surface area contributed by atoms with Crippen molar-refractivity contribution in [2.75, 3.05) is 0 Å². The van der Waals surface area contributed by atoms with E-state index in [0.29, 0.717) is 17.9 Å². The maximum absolute atomic E-state index is 11.4. The van der Waals surface area contributed by atoms with E-state index in [1.54, 1.807) is 0 Å². The van der Waals surface area contributed by atoms with Gasteiger partial charge in [0.05, 0.1) is 0 Å². The summed E-state index contributed by atoms with van der Waals surface area (Å²) >= 11 is 0. The number of Topliss-reactive ketones (excluding diaryl/α,β-unsaturated/α-hetero) is 1. The molecule has 14 heavy (non-hydrogen) atoms. The number of hydrogen-bond donors (Lipinski definition) is 1. The highest BCUT2D eigenvalue weighted by Gasteiger charge is 2.09. The minimum absolute atomic E-state index is 0.0000463. The van der Waals surface area contributed by atoms with Crippen molar-refractivity contribution in [3.05, 3.63) is 12.2 Å². The highest BCUT2D eigenvalue weighted by atomic mass is 16.4. The Balaban J connectivity index is 3.77. The molecule has 3 heteroatoms. The number of rotatable bonds is 7. The van der Waals surface area contributed by atoms with Crippen molar-refractivity contribution < 1.29 is 14.7 Å². The van der Waals surface area contributed by atoms with Gasteiger partial charge in [0.25, 0.3) is 0 Å². The molecule has 0 saturated carbocycles. The first kappa shape index (κ1) is 12.9. The molecular formula is C11H18O3. The molecule has 80 valence electrons. The number of ketones is 1. The van der Waals surface area contributed by atoms with E-state index in [1.165, 1.54) is 0 Å². The van der Waals surface area contributed by atoms with Crippen molar-refractivity contribution in [2.24, 2.45) is 5.92 Å². The molecule has 0 heterocycles. The molecule has 0 fully saturated rings. The monoisotopic (exact) mass is 198 g/mol. The van der Waals surface area contributed by atoms with Crippen LogP contribution < -0.4 is 0 Å². The lowest BCUT2D eigenvalue weighted by atomic mass is 10.00. The summed E-state index contributed by atoms with van der Waals surface area (Å²) in [6, 6.07) is 0. The molecule has 0 spiro atoms. The maximum Gasteiger partial charge on any atom is 0.303 e. The van der Waals surface area contributed by atoms with Gasteiger partial charge in [-0.3, -0.25) is 9.59 Å². The Kier molecular flexibility index (Phi) is 5.84. The SMILES string of the molecule is C=C(CCC(=O)O)C(=O)CCC(C)C. The van der Waals surface area contributed by atoms with E-state index in [2.05, 4.69) is 6.58 Å². The second-order valence-electron chi connectivity index (χ2n) is 3.85. The first-order valence-electron chi connectivity index (χ1n) is 4.86. The lowest BCUT2D eigenvalue weighted by molar-refractivity contribution is -0.136. The summed E-state index contributed by atoms with van der Waals surface area (Å²) in [7, 11) is 0. The zero-order chi connectivity index (χ0) is 11.1. The van der Waals surface area contributed by atoms with E-state index >= 15 is 0 Å². The molecule has 0 rings (SSSR count). The molecule has 3 nitrogen and oxygen atoms in total. The quantitative estimate of drug-likeness (QED) is 0.639. The Morgan fingerprint density at radius 2 is 1.79 bits per heavy atom. The van der Waals surface area contributed by atoms with Crippen molar-refractivity contribution in [3.8, 4) is 0 Å². The molecule has 0 aliphatic rings. The molecule has 0 aromatic rings. The average molecular weight is 198 g/mol. The molecule has 0 unspecified atom stereocenters. The molecule has 0 saturated heterocycles. The van der Waals surface area contributed by atoms with Gasteiger partial charge in [0.2, 0.25) is 0 Å². The molecule has 0 aromatic heterocycles. The molecule has 0 radical (unpaired) electrons. The van der Waals surface area contributed by atoms with Crippen LogP contribution in [-0.4, -0.2) is 16.9 Å². The predicted molar refractivity (Wildman–Crippen MR) is 55.1 cm³/mol. The summed E-state index contributed by atoms with van der Waals surface area (Å²) in [4.78, 5) is 21.6. The molecule has 1 N–H and O–H groups in total. The summed E-state index contributed by atoms with van der Waals surface area (Å²) in [5, 5.41) is 8.41. The van der Waals surface area contributed by atoms with Crippen LogP contribution in [0.1, 0.15) is 39.5 Å². The van der Waals surface area contributed by atoms with E-state index in [-0.39, 0.29) is 18.6 Å². The summed E-state index contributed by atoms with van der Waals surface area (Å²) in [5.74, 6) is -0.394. The fourth-order valence-electron chi connectivity index (χ4n) is 0.994. The molecule has 0 aliphatic carbocycles. The normalized spacial score (nSPS) is 10.2. The zero-order valence-electron chi connectivity index (χ0n) is 8.88. The van der Waals surface area contributed by atoms with Crippen molar-refractivity contribution in [3.63, 3.8) is 0 Å². The Labute approximate surface area is 84.8 Å². The van der Waals surface area contributed by atoms with Crippen LogP contribution in [0.3, 0.4) is 0 Å². The maximum atomic E-state index is 11.4. The van der Waals surface area contributed by atoms with Crippen molar-refractivity contribution in [1.82, 2.24) is 0 Å². The summed E-state index contributed by atoms with van der Waals surface area (Å²) in [5.41, 5.74) is 0.438. The van der Waals surface area contributed by atoms with Crippen molar-refractivity contribution in [1.29, 1.82) is 0 Å². The fraction of sp³-hybridized carbons (Fsp3) is 0.636. The molecule has 0 amide bonds. The van der Waals surface area contributed by atoms with Gasteiger partial charge in [-0.1, -0.05) is 20.4 Å². The number of carboxylic acid groups (broad SMARTS) is 1. The Morgan fingerprint density at radius 3 is 2.21 bits per heavy atom. The number of carbonyl (C=O) groups is 2. The van der Waals surface area contributed by atoms with Gasteiger partial charge < -0.3 is 5.11 Å². The summed E-state index contributed by atoms with van der Waals surface area (Å²) < 4.78 is 0. The van der Waals surface area contributed by atoms with Crippen LogP contribution in [0, 0.1) is 5.92 Å². The smallest absolute Gasteiger partial charge is 0.303 e. The molecule has 0 aromatic carbocycles. The summed E-state index contributed by atoms with van der Waals surface area (Å²) in [6.07, 6.45) is 1.58. The van der Waals surface area contributed by atoms with Crippen LogP contribution in [0.2, 0.25) is 0 Å². The number of aliphatic carboxylic acids is 1. The van der Waals surface area contributed by atoms with Gasteiger partial charge in [0.1, 0.15) is 0 Å². The third-order valence-electron chi connectivity index (χ3n) is 1.98. The lowest BCUT2D eigenvalue weighted by Gasteiger charge is -2.05. The number of carboxylic acids is 1. The topological polar surface area (TPSA) is 54.4 Å². The van der Waals surface area contributed by atoms with E-state index in [0.717, 1.165) is 6.42 Å². The lowest BCUT2D eigenvalue weighted by Crippen LogP contribution is -2.05. The molecule has 0 bridgehead atoms. The predicted octanol–water partition coefficient (Wildman–Crippen LogP) is 2.41. The van der Waals surface area contributed by atoms with Gasteiger partial charge in [-0.15, -0.1) is 0 Å². The second kappa shape index (κ2) is 6.35. The molecule has 0 aliphatic heterocycles. The van der Waals surface area contributed by atoms with Crippen molar-refractivity contribution >= 4 is 11.8 Å². The van der Waals surface area contributed by atoms with Crippen LogP contribution in [0.25, 0.3) is 0 Å². The minimum atomic E-state index is -0.886. The number of hydrogen-bond acceptors (Lipinski definition) is 2. The highest BCUT2D eigenvalue weighted by molar-refractivity contribution is 5.95. The Bertz CT molecular complexity index is 229. The third kappa shape index (κ3) is 6.40. The molecular weight excluding hydrogens is 180 g/mol. The van der Waals surface area contributed by atoms with Gasteiger partial charge in [-0.05, 0) is 24.3 Å². The van der Waals surface area contributed by atoms with E-state index in [4.69, 9.17) is 5.11 Å². The van der Waals surface area contributed by atoms with E-state index in [1.807, 2.05) is 13.8 Å². The van der Waals surface area contributed by atoms with Crippen LogP contribution >= 0.6 is 0 Å². The highest BCUT2D eigenvalue weighted by Crippen LogP contribution is 2.11. The largest absolute Gasteiger partial charge is 0.481 e. The minimum Gasteiger partial charge on any atom is -0.481 e. The van der Waals surface area contributed by atoms with Gasteiger partial charge in [0.15, 0.2) is 5.78 Å². The molecule has 0 atom stereocenters. The number of carbonyl (C=O) groups excluding carboxylic acids is 1. The Hall–Kier alpha value is -1.12. The fourth-order valence-corrected chi connectivity index (χ4v) is 0.994. The average Bonchev–Trinajstić information content (AvgIpc) is 2.09. The van der Waals surface area contributed by atoms with E-state index in [9.17, 15) is 9.59 Å². The van der Waals surface area contributed by atoms with Gasteiger partial charge >= 0.3 is 5.97 Å². The standard InChI is InChI=1S/C11H18O3/c1-8(2)4-6-10(12)9(3)5-7-11(13)14/h8H,3-7H2,1-2H3,(H,13,14). The van der Waals surface area contributed by atoms with Crippen LogP contribution in [0.5, 0.6) is 0 Å².